The number of hydrogen-bond acceptors (Lipinski definition) is 4. The minimum Gasteiger partial charge on any atom is -0.272 e. The predicted molar refractivity (Wildman–Crippen MR) is 70.9 cm³/mol. The molecular formula is C13H17NO4S. The van der Waals surface area contributed by atoms with Crippen molar-refractivity contribution < 1.29 is 18.0 Å². The fourth-order valence-corrected chi connectivity index (χ4v) is 2.89. The van der Waals surface area contributed by atoms with Crippen molar-refractivity contribution in [2.45, 2.75) is 24.6 Å². The highest BCUT2D eigenvalue weighted by Gasteiger charge is 2.44. The van der Waals surface area contributed by atoms with E-state index < -0.39 is 15.2 Å². The summed E-state index contributed by atoms with van der Waals surface area (Å²) in [4.78, 5) is 16.7. The second-order valence-corrected chi connectivity index (χ2v) is 7.02. The van der Waals surface area contributed by atoms with Crippen molar-refractivity contribution in [1.82, 2.24) is 5.06 Å². The Labute approximate surface area is 113 Å². The third-order valence-electron chi connectivity index (χ3n) is 3.18. The number of carbonyl (C=O) groups excluding carboxylic acids is 1. The van der Waals surface area contributed by atoms with Gasteiger partial charge in [0.15, 0.2) is 15.2 Å². The molecule has 104 valence electrons. The van der Waals surface area contributed by atoms with Crippen LogP contribution in [0.2, 0.25) is 0 Å². The molecule has 1 aliphatic rings. The van der Waals surface area contributed by atoms with Gasteiger partial charge in [-0.1, -0.05) is 37.3 Å². The summed E-state index contributed by atoms with van der Waals surface area (Å²) in [7, 11) is -3.28. The molecule has 0 saturated carbocycles. The van der Waals surface area contributed by atoms with Gasteiger partial charge in [0.1, 0.15) is 0 Å². The first-order valence-electron chi connectivity index (χ1n) is 6.08. The zero-order valence-electron chi connectivity index (χ0n) is 10.9. The van der Waals surface area contributed by atoms with Crippen molar-refractivity contribution in [3.8, 4) is 0 Å². The molecule has 2 unspecified atom stereocenters. The van der Waals surface area contributed by atoms with Crippen LogP contribution in [0.5, 0.6) is 0 Å². The van der Waals surface area contributed by atoms with E-state index in [-0.39, 0.29) is 24.9 Å². The van der Waals surface area contributed by atoms with Crippen LogP contribution in [0, 0.1) is 0 Å². The van der Waals surface area contributed by atoms with Crippen molar-refractivity contribution in [2.75, 3.05) is 12.9 Å². The molecule has 5 nitrogen and oxygen atoms in total. The molecule has 2 rings (SSSR count). The average Bonchev–Trinajstić information content (AvgIpc) is 2.35. The summed E-state index contributed by atoms with van der Waals surface area (Å²) in [5.74, 6) is -0.189. The van der Waals surface area contributed by atoms with Crippen LogP contribution in [-0.2, 0) is 19.5 Å². The van der Waals surface area contributed by atoms with E-state index >= 15 is 0 Å². The largest absolute Gasteiger partial charge is 0.272 e. The van der Waals surface area contributed by atoms with Gasteiger partial charge < -0.3 is 0 Å². The molecular weight excluding hydrogens is 266 g/mol. The molecule has 1 aliphatic heterocycles. The van der Waals surface area contributed by atoms with Crippen molar-refractivity contribution in [3.05, 3.63) is 35.9 Å². The van der Waals surface area contributed by atoms with Crippen LogP contribution in [0.1, 0.15) is 24.8 Å². The molecule has 0 N–H and O–H groups in total. The molecule has 0 spiro atoms. The molecule has 6 heteroatoms. The summed E-state index contributed by atoms with van der Waals surface area (Å²) < 4.78 is 22.8. The van der Waals surface area contributed by atoms with Crippen LogP contribution in [-0.4, -0.2) is 37.6 Å². The van der Waals surface area contributed by atoms with Crippen molar-refractivity contribution >= 4 is 15.7 Å². The summed E-state index contributed by atoms with van der Waals surface area (Å²) in [5, 5.41) is 0.150. The van der Waals surface area contributed by atoms with Crippen LogP contribution in [0.3, 0.4) is 0 Å². The molecule has 1 aromatic rings. The van der Waals surface area contributed by atoms with Gasteiger partial charge in [-0.15, -0.1) is 0 Å². The smallest absolute Gasteiger partial charge is 0.250 e. The van der Waals surface area contributed by atoms with Crippen molar-refractivity contribution in [1.29, 1.82) is 0 Å². The number of β-lactam (4-membered cyclic amide) rings is 1. The van der Waals surface area contributed by atoms with Crippen LogP contribution >= 0.6 is 0 Å². The first-order chi connectivity index (χ1) is 8.89. The van der Waals surface area contributed by atoms with E-state index in [2.05, 4.69) is 0 Å². The van der Waals surface area contributed by atoms with Crippen LogP contribution in [0.4, 0.5) is 0 Å². The lowest BCUT2D eigenvalue weighted by Gasteiger charge is -2.37. The van der Waals surface area contributed by atoms with Gasteiger partial charge in [-0.3, -0.25) is 9.63 Å². The van der Waals surface area contributed by atoms with E-state index in [4.69, 9.17) is 4.84 Å². The van der Waals surface area contributed by atoms with E-state index in [0.717, 1.165) is 16.9 Å². The highest BCUT2D eigenvalue weighted by atomic mass is 32.2. The van der Waals surface area contributed by atoms with Gasteiger partial charge in [0.05, 0.1) is 13.0 Å². The fourth-order valence-electron chi connectivity index (χ4n) is 1.92. The molecule has 19 heavy (non-hydrogen) atoms. The highest BCUT2D eigenvalue weighted by Crippen LogP contribution is 2.25. The third kappa shape index (κ3) is 3.13. The predicted octanol–water partition coefficient (Wildman–Crippen LogP) is 1.32. The summed E-state index contributed by atoms with van der Waals surface area (Å²) >= 11 is 0. The monoisotopic (exact) mass is 283 g/mol. The van der Waals surface area contributed by atoms with Crippen LogP contribution in [0.25, 0.3) is 0 Å². The van der Waals surface area contributed by atoms with Crippen LogP contribution < -0.4 is 0 Å². The van der Waals surface area contributed by atoms with E-state index in [9.17, 15) is 13.2 Å². The first-order valence-corrected chi connectivity index (χ1v) is 8.04. The van der Waals surface area contributed by atoms with Crippen molar-refractivity contribution in [3.63, 3.8) is 0 Å². The zero-order valence-corrected chi connectivity index (χ0v) is 11.8. The van der Waals surface area contributed by atoms with Gasteiger partial charge in [0.25, 0.3) is 5.91 Å². The summed E-state index contributed by atoms with van der Waals surface area (Å²) in [6.07, 6.45) is 1.12. The van der Waals surface area contributed by atoms with E-state index in [1.807, 2.05) is 37.3 Å². The lowest BCUT2D eigenvalue weighted by Crippen LogP contribution is -2.56. The summed E-state index contributed by atoms with van der Waals surface area (Å²) in [6, 6.07) is 9.73. The lowest BCUT2D eigenvalue weighted by molar-refractivity contribution is -0.216. The number of hydroxylamine groups is 2. The normalized spacial score (nSPS) is 21.1. The molecule has 1 amide bonds. The Balaban J connectivity index is 1.94. The number of hydrogen-bond donors (Lipinski definition) is 0. The Morgan fingerprint density at radius 2 is 2.00 bits per heavy atom. The number of sulfone groups is 1. The SMILES string of the molecule is CC(CON1C(=O)CC1S(C)(=O)=O)c1ccccc1. The van der Waals surface area contributed by atoms with Gasteiger partial charge in [0, 0.05) is 12.2 Å². The molecule has 1 fully saturated rings. The molecule has 0 aromatic heterocycles. The van der Waals surface area contributed by atoms with Crippen LogP contribution in [0.15, 0.2) is 30.3 Å². The Bertz CT molecular complexity index is 555. The summed E-state index contributed by atoms with van der Waals surface area (Å²) in [6.45, 7) is 2.25. The Kier molecular flexibility index (Phi) is 3.91. The minimum absolute atomic E-state index is 0.0125. The molecule has 0 bridgehead atoms. The highest BCUT2D eigenvalue weighted by molar-refractivity contribution is 7.91. The van der Waals surface area contributed by atoms with E-state index in [1.165, 1.54) is 0 Å². The maximum Gasteiger partial charge on any atom is 0.250 e. The molecule has 0 radical (unpaired) electrons. The molecule has 0 aliphatic carbocycles. The molecule has 1 aromatic carbocycles. The molecule has 2 atom stereocenters. The second kappa shape index (κ2) is 5.30. The first kappa shape index (κ1) is 14.0. The average molecular weight is 283 g/mol. The maximum absolute atomic E-state index is 11.4. The fraction of sp³-hybridized carbons (Fsp3) is 0.462. The minimum atomic E-state index is -3.28. The number of rotatable bonds is 5. The quantitative estimate of drug-likeness (QED) is 0.765. The Morgan fingerprint density at radius 3 is 2.53 bits per heavy atom. The maximum atomic E-state index is 11.4. The molecule has 1 saturated heterocycles. The third-order valence-corrected chi connectivity index (χ3v) is 4.53. The molecule has 1 heterocycles. The lowest BCUT2D eigenvalue weighted by atomic mass is 10.0. The van der Waals surface area contributed by atoms with E-state index in [0.29, 0.717) is 0 Å². The van der Waals surface area contributed by atoms with Gasteiger partial charge in [0.2, 0.25) is 0 Å². The van der Waals surface area contributed by atoms with Gasteiger partial charge in [-0.05, 0) is 5.56 Å². The standard InChI is InChI=1S/C13H17NO4S/c1-10(11-6-4-3-5-7-11)9-18-14-12(15)8-13(14)19(2,16)17/h3-7,10,13H,8-9H2,1-2H3. The number of amides is 1. The van der Waals surface area contributed by atoms with Gasteiger partial charge in [-0.25, -0.2) is 13.5 Å². The second-order valence-electron chi connectivity index (χ2n) is 4.82. The van der Waals surface area contributed by atoms with Crippen molar-refractivity contribution in [2.24, 2.45) is 0 Å². The van der Waals surface area contributed by atoms with E-state index in [1.54, 1.807) is 0 Å². The van der Waals surface area contributed by atoms with Gasteiger partial charge >= 0.3 is 0 Å². The topological polar surface area (TPSA) is 63.7 Å². The Hall–Kier alpha value is -1.40. The summed E-state index contributed by atoms with van der Waals surface area (Å²) in [5.41, 5.74) is 1.09. The van der Waals surface area contributed by atoms with Gasteiger partial charge in [-0.2, -0.15) is 0 Å². The number of nitrogens with zero attached hydrogens (tertiary/aromatic N) is 1. The Morgan fingerprint density at radius 1 is 1.37 bits per heavy atom. The number of benzene rings is 1. The zero-order chi connectivity index (χ0) is 14.0. The number of carbonyl (C=O) groups is 1.